The molecule has 0 aliphatic rings. The van der Waals surface area contributed by atoms with Gasteiger partial charge in [-0.3, -0.25) is 9.48 Å². The number of carbonyl (C=O) groups is 1. The minimum atomic E-state index is -0.0448. The van der Waals surface area contributed by atoms with E-state index < -0.39 is 0 Å². The summed E-state index contributed by atoms with van der Waals surface area (Å²) in [5.74, 6) is 2.02. The number of fused-ring (bicyclic) bond motifs is 3. The predicted octanol–water partition coefficient (Wildman–Crippen LogP) is 3.36. The fourth-order valence-electron chi connectivity index (χ4n) is 3.81. The van der Waals surface area contributed by atoms with Crippen LogP contribution < -0.4 is 14.8 Å². The number of carbonyl (C=O) groups excluding carboxylic acids is 1. The number of benzene rings is 1. The molecule has 1 unspecified atom stereocenters. The molecular weight excluding hydrogens is 466 g/mol. The van der Waals surface area contributed by atoms with Gasteiger partial charge in [0.15, 0.2) is 28.1 Å². The minimum absolute atomic E-state index is 0.0448. The maximum absolute atomic E-state index is 12.4. The second-order valence-corrected chi connectivity index (χ2v) is 9.39. The first kappa shape index (κ1) is 24.8. The van der Waals surface area contributed by atoms with Crippen LogP contribution in [0.25, 0.3) is 16.6 Å². The monoisotopic (exact) mass is 497 g/mol. The molecule has 4 aromatic rings. The first-order chi connectivity index (χ1) is 16.8. The Hall–Kier alpha value is -3.34. The lowest BCUT2D eigenvalue weighted by molar-refractivity contribution is -0.119. The number of amides is 1. The molecule has 3 heterocycles. The van der Waals surface area contributed by atoms with Crippen LogP contribution in [0, 0.1) is 13.8 Å². The Bertz CT molecular complexity index is 1360. The van der Waals surface area contributed by atoms with Crippen molar-refractivity contribution in [2.75, 3.05) is 20.0 Å². The van der Waals surface area contributed by atoms with Crippen molar-refractivity contribution >= 4 is 34.2 Å². The Morgan fingerprint density at radius 1 is 1.11 bits per heavy atom. The van der Waals surface area contributed by atoms with Crippen LogP contribution in [0.3, 0.4) is 0 Å². The van der Waals surface area contributed by atoms with Gasteiger partial charge in [0, 0.05) is 36.2 Å². The van der Waals surface area contributed by atoms with E-state index in [4.69, 9.17) is 24.5 Å². The third-order valence-electron chi connectivity index (χ3n) is 5.79. The minimum Gasteiger partial charge on any atom is -0.493 e. The van der Waals surface area contributed by atoms with Crippen LogP contribution in [-0.4, -0.2) is 61.3 Å². The molecule has 0 aliphatic carbocycles. The number of ether oxygens (including phenoxy) is 2. The van der Waals surface area contributed by atoms with E-state index in [2.05, 4.69) is 10.4 Å². The van der Waals surface area contributed by atoms with E-state index >= 15 is 0 Å². The van der Waals surface area contributed by atoms with E-state index in [0.29, 0.717) is 46.6 Å². The summed E-state index contributed by atoms with van der Waals surface area (Å²) in [6, 6.07) is 5.85. The zero-order valence-corrected chi connectivity index (χ0v) is 21.8. The number of aryl methyl sites for hydroxylation is 4. The molecule has 0 saturated heterocycles. The summed E-state index contributed by atoms with van der Waals surface area (Å²) in [7, 11) is 3.18. The summed E-state index contributed by atoms with van der Waals surface area (Å²) in [5, 5.41) is 13.6. The van der Waals surface area contributed by atoms with Crippen molar-refractivity contribution in [2.45, 2.75) is 58.3 Å². The molecule has 1 atom stereocenters. The molecule has 0 fully saturated rings. The van der Waals surface area contributed by atoms with Gasteiger partial charge in [0.05, 0.1) is 31.2 Å². The van der Waals surface area contributed by atoms with Gasteiger partial charge in [-0.15, -0.1) is 5.10 Å². The molecule has 11 heteroatoms. The highest BCUT2D eigenvalue weighted by Gasteiger charge is 2.18. The summed E-state index contributed by atoms with van der Waals surface area (Å²) < 4.78 is 14.6. The summed E-state index contributed by atoms with van der Waals surface area (Å²) in [5.41, 5.74) is 3.43. The molecule has 1 aromatic carbocycles. The van der Waals surface area contributed by atoms with Crippen LogP contribution in [0.2, 0.25) is 0 Å². The number of rotatable bonds is 10. The van der Waals surface area contributed by atoms with Crippen LogP contribution in [0.1, 0.15) is 37.5 Å². The lowest BCUT2D eigenvalue weighted by Gasteiger charge is -2.12. The van der Waals surface area contributed by atoms with Gasteiger partial charge < -0.3 is 14.8 Å². The van der Waals surface area contributed by atoms with Crippen LogP contribution in [0.15, 0.2) is 23.4 Å². The topological polar surface area (TPSA) is 108 Å². The highest BCUT2D eigenvalue weighted by Crippen LogP contribution is 2.34. The van der Waals surface area contributed by atoms with Crippen molar-refractivity contribution in [1.82, 2.24) is 34.7 Å². The molecule has 3 aromatic heterocycles. The van der Waals surface area contributed by atoms with E-state index in [1.807, 2.05) is 50.6 Å². The molecule has 0 spiro atoms. The van der Waals surface area contributed by atoms with Gasteiger partial charge in [0.25, 0.3) is 0 Å². The summed E-state index contributed by atoms with van der Waals surface area (Å²) in [6.07, 6.45) is 1.48. The highest BCUT2D eigenvalue weighted by molar-refractivity contribution is 7.99. The van der Waals surface area contributed by atoms with Crippen molar-refractivity contribution in [3.8, 4) is 11.5 Å². The molecule has 0 aliphatic heterocycles. The van der Waals surface area contributed by atoms with E-state index in [9.17, 15) is 4.79 Å². The van der Waals surface area contributed by atoms with Crippen molar-refractivity contribution in [1.29, 1.82) is 0 Å². The molecule has 186 valence electrons. The largest absolute Gasteiger partial charge is 0.493 e. The van der Waals surface area contributed by atoms with Crippen molar-refractivity contribution < 1.29 is 14.3 Å². The fourth-order valence-corrected chi connectivity index (χ4v) is 4.56. The molecule has 1 amide bonds. The van der Waals surface area contributed by atoms with E-state index in [0.717, 1.165) is 23.2 Å². The second kappa shape index (κ2) is 10.5. The molecule has 1 N–H and O–H groups in total. The van der Waals surface area contributed by atoms with Crippen molar-refractivity contribution in [3.63, 3.8) is 0 Å². The van der Waals surface area contributed by atoms with Crippen LogP contribution in [-0.2, 0) is 17.8 Å². The SMILES string of the molecule is CCC(C)NC(=O)CSc1nc2cc(OC)c(OC)cc2c2nc(CCn3nc(C)cc3C)nn12. The number of thioether (sulfide) groups is 1. The number of hydrogen-bond donors (Lipinski definition) is 1. The van der Waals surface area contributed by atoms with E-state index in [1.165, 1.54) is 11.8 Å². The lowest BCUT2D eigenvalue weighted by atomic mass is 10.2. The molecule has 4 rings (SSSR count). The summed E-state index contributed by atoms with van der Waals surface area (Å²) >= 11 is 1.33. The standard InChI is InChI=1S/C24H31N7O3S/c1-7-14(2)25-22(32)13-35-24-26-18-12-20(34-6)19(33-5)11-17(18)23-27-21(29-31(23)24)8-9-30-16(4)10-15(3)28-30/h10-12,14H,7-9,13H2,1-6H3,(H,25,32). The predicted molar refractivity (Wildman–Crippen MR) is 135 cm³/mol. The quantitative estimate of drug-likeness (QED) is 0.262. The van der Waals surface area contributed by atoms with Gasteiger partial charge in [-0.2, -0.15) is 9.61 Å². The van der Waals surface area contributed by atoms with Crippen LogP contribution >= 0.6 is 11.8 Å². The number of aromatic nitrogens is 6. The van der Waals surface area contributed by atoms with Crippen molar-refractivity contribution in [3.05, 3.63) is 35.4 Å². The zero-order valence-electron chi connectivity index (χ0n) is 21.0. The second-order valence-electron chi connectivity index (χ2n) is 8.45. The number of hydrogen-bond acceptors (Lipinski definition) is 8. The van der Waals surface area contributed by atoms with E-state index in [1.54, 1.807) is 18.7 Å². The maximum atomic E-state index is 12.4. The van der Waals surface area contributed by atoms with Crippen LogP contribution in [0.4, 0.5) is 0 Å². The van der Waals surface area contributed by atoms with E-state index in [-0.39, 0.29) is 17.7 Å². The number of methoxy groups -OCH3 is 2. The molecule has 35 heavy (non-hydrogen) atoms. The maximum Gasteiger partial charge on any atom is 0.230 e. The van der Waals surface area contributed by atoms with Crippen molar-refractivity contribution in [2.24, 2.45) is 0 Å². The summed E-state index contributed by atoms with van der Waals surface area (Å²) in [4.78, 5) is 22.0. The summed E-state index contributed by atoms with van der Waals surface area (Å²) in [6.45, 7) is 8.71. The first-order valence-corrected chi connectivity index (χ1v) is 12.6. The molecule has 0 bridgehead atoms. The van der Waals surface area contributed by atoms with Gasteiger partial charge in [-0.1, -0.05) is 18.7 Å². The molecular formula is C24H31N7O3S. The van der Waals surface area contributed by atoms with Gasteiger partial charge in [0.2, 0.25) is 5.91 Å². The average Bonchev–Trinajstić information content (AvgIpc) is 3.42. The Morgan fingerprint density at radius 3 is 2.51 bits per heavy atom. The van der Waals surface area contributed by atoms with Gasteiger partial charge in [-0.25, -0.2) is 9.97 Å². The zero-order chi connectivity index (χ0) is 25.1. The third-order valence-corrected chi connectivity index (χ3v) is 6.72. The first-order valence-electron chi connectivity index (χ1n) is 11.6. The Morgan fingerprint density at radius 2 is 1.86 bits per heavy atom. The highest BCUT2D eigenvalue weighted by atomic mass is 32.2. The fraction of sp³-hybridized carbons (Fsp3) is 0.458. The smallest absolute Gasteiger partial charge is 0.230 e. The normalized spacial score (nSPS) is 12.3. The Kier molecular flexibility index (Phi) is 7.44. The van der Waals surface area contributed by atoms with Gasteiger partial charge in [-0.05, 0) is 39.3 Å². The Labute approximate surface area is 208 Å². The third kappa shape index (κ3) is 5.34. The molecule has 0 saturated carbocycles. The van der Waals surface area contributed by atoms with Gasteiger partial charge >= 0.3 is 0 Å². The Balaban J connectivity index is 1.72. The average molecular weight is 498 g/mol. The number of nitrogens with zero attached hydrogens (tertiary/aromatic N) is 6. The molecule has 0 radical (unpaired) electrons. The number of nitrogens with one attached hydrogen (secondary N) is 1. The lowest BCUT2D eigenvalue weighted by Crippen LogP contribution is -2.33. The van der Waals surface area contributed by atoms with Crippen LogP contribution in [0.5, 0.6) is 11.5 Å². The van der Waals surface area contributed by atoms with Gasteiger partial charge in [0.1, 0.15) is 0 Å². The molecule has 10 nitrogen and oxygen atoms in total.